The van der Waals surface area contributed by atoms with Crippen molar-refractivity contribution >= 4 is 5.82 Å². The number of hydrogen-bond acceptors (Lipinski definition) is 5. The fourth-order valence-electron chi connectivity index (χ4n) is 3.09. The predicted molar refractivity (Wildman–Crippen MR) is 71.2 cm³/mol. The lowest BCUT2D eigenvalue weighted by Gasteiger charge is -2.23. The third-order valence-corrected chi connectivity index (χ3v) is 4.15. The minimum absolute atomic E-state index is 0.595. The lowest BCUT2D eigenvalue weighted by Crippen LogP contribution is -2.39. The van der Waals surface area contributed by atoms with Crippen LogP contribution in [0.4, 0.5) is 5.82 Å². The van der Waals surface area contributed by atoms with Gasteiger partial charge in [-0.05, 0) is 25.2 Å². The van der Waals surface area contributed by atoms with Crippen molar-refractivity contribution in [3.05, 3.63) is 18.1 Å². The highest BCUT2D eigenvalue weighted by Gasteiger charge is 2.35. The number of nitrogens with zero attached hydrogens (tertiary/aromatic N) is 3. The molecule has 2 aliphatic heterocycles. The summed E-state index contributed by atoms with van der Waals surface area (Å²) in [5, 5.41) is 0. The highest BCUT2D eigenvalue weighted by atomic mass is 15.4. The molecule has 5 heteroatoms. The number of hydrazine groups is 1. The molecule has 3 unspecified atom stereocenters. The summed E-state index contributed by atoms with van der Waals surface area (Å²) >= 11 is 0. The standard InChI is InChI=1S/C13H21N5/c1-9-6-16-17-13(9)11-3-4-18(7-11)12-5-10(2)14-8-15-12/h5,8-9,11,13,16-17H,3-4,6-7H2,1-2H3. The van der Waals surface area contributed by atoms with E-state index in [0.29, 0.717) is 17.9 Å². The second-order valence-electron chi connectivity index (χ2n) is 5.54. The van der Waals surface area contributed by atoms with Crippen LogP contribution in [0.2, 0.25) is 0 Å². The van der Waals surface area contributed by atoms with E-state index in [1.165, 1.54) is 6.42 Å². The van der Waals surface area contributed by atoms with Crippen LogP contribution in [0, 0.1) is 18.8 Å². The van der Waals surface area contributed by atoms with Crippen molar-refractivity contribution in [3.8, 4) is 0 Å². The van der Waals surface area contributed by atoms with Crippen molar-refractivity contribution in [2.24, 2.45) is 11.8 Å². The number of aryl methyl sites for hydroxylation is 1. The van der Waals surface area contributed by atoms with E-state index < -0.39 is 0 Å². The SMILES string of the molecule is Cc1cc(N2CCC(C3NNCC3C)C2)ncn1. The van der Waals surface area contributed by atoms with E-state index in [9.17, 15) is 0 Å². The molecule has 5 nitrogen and oxygen atoms in total. The lowest BCUT2D eigenvalue weighted by molar-refractivity contribution is 0.352. The van der Waals surface area contributed by atoms with Crippen molar-refractivity contribution in [2.45, 2.75) is 26.3 Å². The molecule has 2 aliphatic rings. The summed E-state index contributed by atoms with van der Waals surface area (Å²) in [5.74, 6) is 2.50. The number of rotatable bonds is 2. The van der Waals surface area contributed by atoms with Crippen LogP contribution in [-0.2, 0) is 0 Å². The summed E-state index contributed by atoms with van der Waals surface area (Å²) in [6, 6.07) is 2.67. The van der Waals surface area contributed by atoms with E-state index in [2.05, 4.69) is 38.7 Å². The van der Waals surface area contributed by atoms with Gasteiger partial charge in [0, 0.05) is 37.4 Å². The molecule has 0 spiro atoms. The Hall–Kier alpha value is -1.20. The quantitative estimate of drug-likeness (QED) is 0.806. The van der Waals surface area contributed by atoms with Crippen LogP contribution in [0.25, 0.3) is 0 Å². The first kappa shape index (κ1) is 11.9. The Labute approximate surface area is 108 Å². The zero-order valence-electron chi connectivity index (χ0n) is 11.1. The van der Waals surface area contributed by atoms with Crippen molar-refractivity contribution in [1.29, 1.82) is 0 Å². The molecule has 0 amide bonds. The molecule has 1 aromatic rings. The maximum absolute atomic E-state index is 4.38. The third kappa shape index (κ3) is 2.20. The molecule has 0 bridgehead atoms. The minimum atomic E-state index is 0.595. The Bertz CT molecular complexity index is 422. The van der Waals surface area contributed by atoms with Gasteiger partial charge in [-0.3, -0.25) is 10.9 Å². The number of anilines is 1. The first-order valence-corrected chi connectivity index (χ1v) is 6.76. The third-order valence-electron chi connectivity index (χ3n) is 4.15. The molecule has 0 saturated carbocycles. The molecule has 98 valence electrons. The van der Waals surface area contributed by atoms with Crippen LogP contribution in [0.5, 0.6) is 0 Å². The molecule has 3 heterocycles. The molecule has 0 radical (unpaired) electrons. The zero-order valence-corrected chi connectivity index (χ0v) is 11.1. The fraction of sp³-hybridized carbons (Fsp3) is 0.692. The van der Waals surface area contributed by atoms with Gasteiger partial charge in [0.2, 0.25) is 0 Å². The highest BCUT2D eigenvalue weighted by molar-refractivity contribution is 5.40. The van der Waals surface area contributed by atoms with E-state index in [1.54, 1.807) is 6.33 Å². The Balaban J connectivity index is 1.68. The largest absolute Gasteiger partial charge is 0.356 e. The molecule has 2 fully saturated rings. The molecule has 1 aromatic heterocycles. The highest BCUT2D eigenvalue weighted by Crippen LogP contribution is 2.28. The van der Waals surface area contributed by atoms with Gasteiger partial charge in [0.1, 0.15) is 12.1 Å². The summed E-state index contributed by atoms with van der Waals surface area (Å²) in [4.78, 5) is 10.9. The second-order valence-corrected chi connectivity index (χ2v) is 5.54. The number of hydrogen-bond donors (Lipinski definition) is 2. The Morgan fingerprint density at radius 2 is 2.28 bits per heavy atom. The molecule has 0 aliphatic carbocycles. The smallest absolute Gasteiger partial charge is 0.132 e. The van der Waals surface area contributed by atoms with Crippen molar-refractivity contribution in [3.63, 3.8) is 0 Å². The van der Waals surface area contributed by atoms with E-state index >= 15 is 0 Å². The number of nitrogens with one attached hydrogen (secondary N) is 2. The lowest BCUT2D eigenvalue weighted by atomic mass is 9.90. The average Bonchev–Trinajstić information content (AvgIpc) is 2.97. The Morgan fingerprint density at radius 1 is 1.39 bits per heavy atom. The van der Waals surface area contributed by atoms with Crippen molar-refractivity contribution < 1.29 is 0 Å². The maximum atomic E-state index is 4.38. The average molecular weight is 247 g/mol. The summed E-state index contributed by atoms with van der Waals surface area (Å²) in [7, 11) is 0. The van der Waals surface area contributed by atoms with Gasteiger partial charge >= 0.3 is 0 Å². The van der Waals surface area contributed by atoms with Crippen LogP contribution >= 0.6 is 0 Å². The second kappa shape index (κ2) is 4.82. The maximum Gasteiger partial charge on any atom is 0.132 e. The van der Waals surface area contributed by atoms with Gasteiger partial charge in [0.15, 0.2) is 0 Å². The van der Waals surface area contributed by atoms with E-state index in [4.69, 9.17) is 0 Å². The van der Waals surface area contributed by atoms with E-state index in [1.807, 2.05) is 6.92 Å². The van der Waals surface area contributed by atoms with Crippen LogP contribution in [0.15, 0.2) is 12.4 Å². The van der Waals surface area contributed by atoms with Crippen molar-refractivity contribution in [1.82, 2.24) is 20.8 Å². The Kier molecular flexibility index (Phi) is 3.18. The molecule has 0 aromatic carbocycles. The summed E-state index contributed by atoms with van der Waals surface area (Å²) in [5.41, 5.74) is 7.73. The fourth-order valence-corrected chi connectivity index (χ4v) is 3.09. The molecular weight excluding hydrogens is 226 g/mol. The predicted octanol–water partition coefficient (Wildman–Crippen LogP) is 0.724. The summed E-state index contributed by atoms with van der Waals surface area (Å²) in [6.07, 6.45) is 2.91. The monoisotopic (exact) mass is 247 g/mol. The van der Waals surface area contributed by atoms with E-state index in [0.717, 1.165) is 31.1 Å². The van der Waals surface area contributed by atoms with Crippen LogP contribution in [-0.4, -0.2) is 35.6 Å². The van der Waals surface area contributed by atoms with Gasteiger partial charge in [-0.25, -0.2) is 9.97 Å². The van der Waals surface area contributed by atoms with Crippen molar-refractivity contribution in [2.75, 3.05) is 24.5 Å². The summed E-state index contributed by atoms with van der Waals surface area (Å²) < 4.78 is 0. The van der Waals surface area contributed by atoms with Gasteiger partial charge in [-0.2, -0.15) is 0 Å². The van der Waals surface area contributed by atoms with Crippen LogP contribution < -0.4 is 15.8 Å². The minimum Gasteiger partial charge on any atom is -0.356 e. The Morgan fingerprint density at radius 3 is 3.00 bits per heavy atom. The molecule has 3 rings (SSSR count). The first-order valence-electron chi connectivity index (χ1n) is 6.76. The van der Waals surface area contributed by atoms with Gasteiger partial charge in [0.05, 0.1) is 0 Å². The molecule has 3 atom stereocenters. The van der Waals surface area contributed by atoms with Gasteiger partial charge in [0.25, 0.3) is 0 Å². The van der Waals surface area contributed by atoms with Gasteiger partial charge in [-0.1, -0.05) is 6.92 Å². The number of aromatic nitrogens is 2. The normalized spacial score (nSPS) is 32.1. The van der Waals surface area contributed by atoms with Crippen LogP contribution in [0.3, 0.4) is 0 Å². The first-order chi connectivity index (χ1) is 8.74. The van der Waals surface area contributed by atoms with Gasteiger partial charge < -0.3 is 4.90 Å². The molecule has 2 saturated heterocycles. The topological polar surface area (TPSA) is 53.1 Å². The molecular formula is C13H21N5. The van der Waals surface area contributed by atoms with E-state index in [-0.39, 0.29) is 0 Å². The van der Waals surface area contributed by atoms with Crippen LogP contribution in [0.1, 0.15) is 19.0 Å². The molecule has 18 heavy (non-hydrogen) atoms. The summed E-state index contributed by atoms with van der Waals surface area (Å²) in [6.45, 7) is 7.61. The zero-order chi connectivity index (χ0) is 12.5. The molecule has 2 N–H and O–H groups in total. The van der Waals surface area contributed by atoms with Gasteiger partial charge in [-0.15, -0.1) is 0 Å².